The number of carbonyl (C=O) groups is 2. The lowest BCUT2D eigenvalue weighted by molar-refractivity contribution is -0.156. The van der Waals surface area contributed by atoms with Crippen LogP contribution in [0.2, 0.25) is 0 Å². The predicted molar refractivity (Wildman–Crippen MR) is 103 cm³/mol. The quantitative estimate of drug-likeness (QED) is 0.605. The van der Waals surface area contributed by atoms with Crippen molar-refractivity contribution in [2.75, 3.05) is 52.4 Å². The number of benzene rings is 1. The highest BCUT2D eigenvalue weighted by Crippen LogP contribution is 2.22. The third-order valence-corrected chi connectivity index (χ3v) is 5.38. The van der Waals surface area contributed by atoms with Gasteiger partial charge in [0.15, 0.2) is 5.60 Å². The summed E-state index contributed by atoms with van der Waals surface area (Å²) >= 11 is 0. The van der Waals surface area contributed by atoms with E-state index in [0.717, 1.165) is 25.9 Å². The van der Waals surface area contributed by atoms with Gasteiger partial charge in [-0.2, -0.15) is 0 Å². The first-order valence-corrected chi connectivity index (χ1v) is 9.83. The molecule has 7 heteroatoms. The molecule has 0 aliphatic carbocycles. The minimum absolute atomic E-state index is 0.0179. The fourth-order valence-electron chi connectivity index (χ4n) is 3.75. The Morgan fingerprint density at radius 1 is 1.19 bits per heavy atom. The zero-order valence-electron chi connectivity index (χ0n) is 15.8. The van der Waals surface area contributed by atoms with Crippen molar-refractivity contribution >= 4 is 11.8 Å². The summed E-state index contributed by atoms with van der Waals surface area (Å²) in [6, 6.07) is 10.0. The maximum atomic E-state index is 12.8. The predicted octanol–water partition coefficient (Wildman–Crippen LogP) is -0.396. The van der Waals surface area contributed by atoms with Gasteiger partial charge in [0.05, 0.1) is 6.54 Å². The number of hydrogen-bond acceptors (Lipinski definition) is 5. The van der Waals surface area contributed by atoms with Gasteiger partial charge < -0.3 is 25.5 Å². The van der Waals surface area contributed by atoms with Gasteiger partial charge in [0.2, 0.25) is 5.91 Å². The molecule has 2 amide bonds. The van der Waals surface area contributed by atoms with Crippen LogP contribution in [0, 0.1) is 0 Å². The van der Waals surface area contributed by atoms with Crippen LogP contribution in [0.5, 0.6) is 0 Å². The van der Waals surface area contributed by atoms with Crippen LogP contribution in [-0.4, -0.2) is 84.7 Å². The van der Waals surface area contributed by atoms with Crippen LogP contribution in [-0.2, 0) is 16.0 Å². The largest absolute Gasteiger partial charge is 0.379 e. The van der Waals surface area contributed by atoms with E-state index in [1.807, 2.05) is 35.2 Å². The number of piperidine rings is 1. The van der Waals surface area contributed by atoms with E-state index in [-0.39, 0.29) is 24.9 Å². The molecule has 1 aromatic carbocycles. The average molecular weight is 374 g/mol. The normalized spacial score (nSPS) is 23.5. The highest BCUT2D eigenvalue weighted by molar-refractivity contribution is 5.86. The van der Waals surface area contributed by atoms with E-state index in [1.165, 1.54) is 5.56 Å². The number of aliphatic hydroxyl groups is 1. The minimum atomic E-state index is -1.42. The van der Waals surface area contributed by atoms with Gasteiger partial charge in [-0.15, -0.1) is 0 Å². The number of carbonyl (C=O) groups excluding carboxylic acids is 2. The highest BCUT2D eigenvalue weighted by Gasteiger charge is 2.41. The number of hydrogen-bond donors (Lipinski definition) is 3. The molecule has 1 unspecified atom stereocenters. The maximum Gasteiger partial charge on any atom is 0.255 e. The number of nitrogens with zero attached hydrogens (tertiary/aromatic N) is 2. The Bertz CT molecular complexity index is 633. The zero-order chi connectivity index (χ0) is 19.1. The van der Waals surface area contributed by atoms with Gasteiger partial charge in [0.1, 0.15) is 0 Å². The molecule has 1 atom stereocenters. The molecule has 2 fully saturated rings. The Hall–Kier alpha value is -1.96. The van der Waals surface area contributed by atoms with Crippen LogP contribution in [0.15, 0.2) is 30.3 Å². The molecule has 27 heavy (non-hydrogen) atoms. The van der Waals surface area contributed by atoms with Crippen molar-refractivity contribution in [2.24, 2.45) is 0 Å². The summed E-state index contributed by atoms with van der Waals surface area (Å²) in [4.78, 5) is 28.5. The van der Waals surface area contributed by atoms with E-state index in [9.17, 15) is 14.7 Å². The molecule has 2 aliphatic heterocycles. The first-order chi connectivity index (χ1) is 13.1. The van der Waals surface area contributed by atoms with Crippen molar-refractivity contribution in [3.8, 4) is 0 Å². The fraction of sp³-hybridized carbons (Fsp3) is 0.600. The van der Waals surface area contributed by atoms with Crippen molar-refractivity contribution in [1.82, 2.24) is 20.4 Å². The summed E-state index contributed by atoms with van der Waals surface area (Å²) in [5.41, 5.74) is -0.238. The number of amides is 2. The smallest absolute Gasteiger partial charge is 0.255 e. The summed E-state index contributed by atoms with van der Waals surface area (Å²) < 4.78 is 0. The van der Waals surface area contributed by atoms with Gasteiger partial charge >= 0.3 is 0 Å². The second-order valence-corrected chi connectivity index (χ2v) is 7.40. The van der Waals surface area contributed by atoms with Crippen molar-refractivity contribution in [2.45, 2.75) is 24.9 Å². The molecular weight excluding hydrogens is 344 g/mol. The van der Waals surface area contributed by atoms with Gasteiger partial charge in [0.25, 0.3) is 5.91 Å². The van der Waals surface area contributed by atoms with Crippen LogP contribution < -0.4 is 10.6 Å². The first-order valence-electron chi connectivity index (χ1n) is 9.83. The molecule has 148 valence electrons. The number of likely N-dealkylation sites (tertiary alicyclic amines) is 1. The molecule has 0 spiro atoms. The average Bonchev–Trinajstić information content (AvgIpc) is 2.70. The standard InChI is InChI=1S/C20H30N4O3/c25-18(23-13-9-21-10-14-23)15-22-16-20(27)8-4-11-24(19(20)26)12-7-17-5-2-1-3-6-17/h1-3,5-6,21-22,27H,4,7-16H2. The van der Waals surface area contributed by atoms with E-state index >= 15 is 0 Å². The molecule has 0 radical (unpaired) electrons. The van der Waals surface area contributed by atoms with Crippen molar-refractivity contribution in [3.05, 3.63) is 35.9 Å². The lowest BCUT2D eigenvalue weighted by atomic mass is 9.91. The van der Waals surface area contributed by atoms with Crippen molar-refractivity contribution in [3.63, 3.8) is 0 Å². The third kappa shape index (κ3) is 5.28. The van der Waals surface area contributed by atoms with Crippen LogP contribution in [0.4, 0.5) is 0 Å². The molecule has 3 N–H and O–H groups in total. The summed E-state index contributed by atoms with van der Waals surface area (Å²) in [5.74, 6) is -0.212. The molecule has 2 aliphatic rings. The third-order valence-electron chi connectivity index (χ3n) is 5.38. The molecule has 0 bridgehead atoms. The first kappa shape index (κ1) is 19.8. The molecule has 1 aromatic rings. The fourth-order valence-corrected chi connectivity index (χ4v) is 3.75. The van der Waals surface area contributed by atoms with E-state index in [4.69, 9.17) is 0 Å². The Balaban J connectivity index is 1.47. The Morgan fingerprint density at radius 2 is 1.93 bits per heavy atom. The van der Waals surface area contributed by atoms with Crippen LogP contribution in [0.25, 0.3) is 0 Å². The lowest BCUT2D eigenvalue weighted by Gasteiger charge is -2.38. The summed E-state index contributed by atoms with van der Waals surface area (Å²) in [7, 11) is 0. The maximum absolute atomic E-state index is 12.8. The Morgan fingerprint density at radius 3 is 2.67 bits per heavy atom. The van der Waals surface area contributed by atoms with E-state index < -0.39 is 5.60 Å². The monoisotopic (exact) mass is 374 g/mol. The van der Waals surface area contributed by atoms with Crippen molar-refractivity contribution in [1.29, 1.82) is 0 Å². The number of nitrogens with one attached hydrogen (secondary N) is 2. The van der Waals surface area contributed by atoms with Gasteiger partial charge in [-0.3, -0.25) is 9.59 Å². The minimum Gasteiger partial charge on any atom is -0.379 e. The Labute approximate surface area is 160 Å². The van der Waals surface area contributed by atoms with Gasteiger partial charge in [-0.1, -0.05) is 30.3 Å². The van der Waals surface area contributed by atoms with Crippen LogP contribution in [0.3, 0.4) is 0 Å². The topological polar surface area (TPSA) is 84.9 Å². The second-order valence-electron chi connectivity index (χ2n) is 7.40. The molecule has 0 saturated carbocycles. The molecular formula is C20H30N4O3. The van der Waals surface area contributed by atoms with Crippen molar-refractivity contribution < 1.29 is 14.7 Å². The second kappa shape index (κ2) is 9.30. The summed E-state index contributed by atoms with van der Waals surface area (Å²) in [6.07, 6.45) is 1.98. The van der Waals surface area contributed by atoms with Crippen LogP contribution in [0.1, 0.15) is 18.4 Å². The van der Waals surface area contributed by atoms with Gasteiger partial charge in [0, 0.05) is 45.8 Å². The van der Waals surface area contributed by atoms with Gasteiger partial charge in [-0.05, 0) is 24.8 Å². The Kier molecular flexibility index (Phi) is 6.82. The number of rotatable bonds is 7. The van der Waals surface area contributed by atoms with E-state index in [1.54, 1.807) is 4.90 Å². The number of piperazine rings is 1. The molecule has 3 rings (SSSR count). The van der Waals surface area contributed by atoms with E-state index in [0.29, 0.717) is 32.6 Å². The zero-order valence-corrected chi connectivity index (χ0v) is 15.8. The van der Waals surface area contributed by atoms with Crippen LogP contribution >= 0.6 is 0 Å². The molecule has 7 nitrogen and oxygen atoms in total. The molecule has 2 heterocycles. The molecule has 2 saturated heterocycles. The van der Waals surface area contributed by atoms with E-state index in [2.05, 4.69) is 10.6 Å². The summed E-state index contributed by atoms with van der Waals surface area (Å²) in [5, 5.41) is 17.1. The lowest BCUT2D eigenvalue weighted by Crippen LogP contribution is -2.59. The van der Waals surface area contributed by atoms with Gasteiger partial charge in [-0.25, -0.2) is 0 Å². The SMILES string of the molecule is O=C(CNCC1(O)CCCN(CCc2ccccc2)C1=O)N1CCNCC1. The highest BCUT2D eigenvalue weighted by atomic mass is 16.3. The summed E-state index contributed by atoms with van der Waals surface area (Å²) in [6.45, 7) is 4.58. The molecule has 0 aromatic heterocycles.